The van der Waals surface area contributed by atoms with E-state index in [1.165, 1.54) is 0 Å². The summed E-state index contributed by atoms with van der Waals surface area (Å²) < 4.78 is 1.68. The van der Waals surface area contributed by atoms with Gasteiger partial charge in [-0.2, -0.15) is 9.97 Å². The van der Waals surface area contributed by atoms with Crippen LogP contribution in [-0.4, -0.2) is 36.7 Å². The first-order valence-electron chi connectivity index (χ1n) is 6.00. The molecular formula is C11H13ClN6O. The van der Waals surface area contributed by atoms with Gasteiger partial charge in [0.15, 0.2) is 16.3 Å². The third-order valence-electron chi connectivity index (χ3n) is 3.27. The van der Waals surface area contributed by atoms with E-state index in [-0.39, 0.29) is 29.7 Å². The van der Waals surface area contributed by atoms with E-state index in [2.05, 4.69) is 20.3 Å². The van der Waals surface area contributed by atoms with Gasteiger partial charge >= 0.3 is 0 Å². The van der Waals surface area contributed by atoms with Crippen LogP contribution in [0.1, 0.15) is 18.9 Å². The van der Waals surface area contributed by atoms with Gasteiger partial charge in [-0.3, -0.25) is 0 Å². The standard InChI is InChI=1S/C11H13ClN6O/c12-9-8-10(15-11(13)14-9)18(17-16-8)7-3-1-2-6(4-7)5-19/h1,3,6-7,19H,2,4-5H2,(H2,13,14,15)/t6-,7-/m1/s1. The third kappa shape index (κ3) is 2.15. The summed E-state index contributed by atoms with van der Waals surface area (Å²) >= 11 is 5.97. The maximum atomic E-state index is 9.26. The van der Waals surface area contributed by atoms with Crippen molar-refractivity contribution in [2.75, 3.05) is 12.3 Å². The molecule has 7 nitrogen and oxygen atoms in total. The average Bonchev–Trinajstić information content (AvgIpc) is 2.82. The molecule has 100 valence electrons. The van der Waals surface area contributed by atoms with Crippen LogP contribution in [0.2, 0.25) is 5.15 Å². The monoisotopic (exact) mass is 280 g/mol. The molecule has 2 heterocycles. The van der Waals surface area contributed by atoms with Gasteiger partial charge in [0.1, 0.15) is 0 Å². The first kappa shape index (κ1) is 12.3. The predicted octanol–water partition coefficient (Wildman–Crippen LogP) is 0.956. The summed E-state index contributed by atoms with van der Waals surface area (Å²) in [6.07, 6.45) is 5.73. The number of halogens is 1. The van der Waals surface area contributed by atoms with E-state index in [9.17, 15) is 5.11 Å². The van der Waals surface area contributed by atoms with Gasteiger partial charge in [0.2, 0.25) is 5.95 Å². The molecule has 3 rings (SSSR count). The summed E-state index contributed by atoms with van der Waals surface area (Å²) in [5.41, 5.74) is 6.56. The van der Waals surface area contributed by atoms with Crippen LogP contribution in [0.4, 0.5) is 5.95 Å². The lowest BCUT2D eigenvalue weighted by Crippen LogP contribution is -2.19. The zero-order chi connectivity index (χ0) is 13.4. The van der Waals surface area contributed by atoms with Crippen molar-refractivity contribution in [3.63, 3.8) is 0 Å². The number of nitrogen functional groups attached to an aromatic ring is 1. The Hall–Kier alpha value is -1.73. The Kier molecular flexibility index (Phi) is 3.08. The van der Waals surface area contributed by atoms with Crippen LogP contribution in [0.5, 0.6) is 0 Å². The molecule has 19 heavy (non-hydrogen) atoms. The minimum absolute atomic E-state index is 0.00117. The quantitative estimate of drug-likeness (QED) is 0.627. The lowest BCUT2D eigenvalue weighted by Gasteiger charge is -2.23. The van der Waals surface area contributed by atoms with Gasteiger partial charge in [-0.1, -0.05) is 29.0 Å². The average molecular weight is 281 g/mol. The molecule has 0 spiro atoms. The number of aromatic nitrogens is 5. The van der Waals surface area contributed by atoms with E-state index in [0.717, 1.165) is 12.8 Å². The van der Waals surface area contributed by atoms with Crippen LogP contribution in [-0.2, 0) is 0 Å². The zero-order valence-corrected chi connectivity index (χ0v) is 10.8. The van der Waals surface area contributed by atoms with E-state index >= 15 is 0 Å². The largest absolute Gasteiger partial charge is 0.396 e. The maximum absolute atomic E-state index is 9.26. The highest BCUT2D eigenvalue weighted by atomic mass is 35.5. The minimum Gasteiger partial charge on any atom is -0.396 e. The summed E-state index contributed by atoms with van der Waals surface area (Å²) in [4.78, 5) is 8.00. The van der Waals surface area contributed by atoms with Crippen LogP contribution < -0.4 is 5.73 Å². The van der Waals surface area contributed by atoms with E-state index in [0.29, 0.717) is 11.2 Å². The summed E-state index contributed by atoms with van der Waals surface area (Å²) in [7, 11) is 0. The summed E-state index contributed by atoms with van der Waals surface area (Å²) in [6, 6.07) is 0.00117. The number of allylic oxidation sites excluding steroid dienone is 2. The molecular weight excluding hydrogens is 268 g/mol. The summed E-state index contributed by atoms with van der Waals surface area (Å²) in [5.74, 6) is 0.323. The fourth-order valence-electron chi connectivity index (χ4n) is 2.31. The minimum atomic E-state index is 0.00117. The Bertz CT molecular complexity index is 639. The fraction of sp³-hybridized carbons (Fsp3) is 0.455. The Labute approximate surface area is 114 Å². The molecule has 1 aliphatic rings. The van der Waals surface area contributed by atoms with Crippen molar-refractivity contribution >= 4 is 28.7 Å². The zero-order valence-electron chi connectivity index (χ0n) is 10.1. The molecule has 0 saturated heterocycles. The van der Waals surface area contributed by atoms with E-state index in [1.54, 1.807) is 4.68 Å². The van der Waals surface area contributed by atoms with Gasteiger partial charge in [0, 0.05) is 6.61 Å². The fourth-order valence-corrected chi connectivity index (χ4v) is 2.52. The van der Waals surface area contributed by atoms with Gasteiger partial charge < -0.3 is 10.8 Å². The molecule has 0 bridgehead atoms. The van der Waals surface area contributed by atoms with Crippen LogP contribution in [0, 0.1) is 5.92 Å². The normalized spacial score (nSPS) is 23.1. The highest BCUT2D eigenvalue weighted by Gasteiger charge is 2.23. The predicted molar refractivity (Wildman–Crippen MR) is 70.5 cm³/mol. The Morgan fingerprint density at radius 1 is 1.47 bits per heavy atom. The van der Waals surface area contributed by atoms with Gasteiger partial charge in [0.05, 0.1) is 6.04 Å². The Morgan fingerprint density at radius 3 is 3.11 bits per heavy atom. The maximum Gasteiger partial charge on any atom is 0.223 e. The van der Waals surface area contributed by atoms with Crippen molar-refractivity contribution < 1.29 is 5.11 Å². The molecule has 0 unspecified atom stereocenters. The third-order valence-corrected chi connectivity index (χ3v) is 3.54. The number of aliphatic hydroxyl groups is 1. The first-order chi connectivity index (χ1) is 9.19. The van der Waals surface area contributed by atoms with Gasteiger partial charge in [0.25, 0.3) is 0 Å². The number of aliphatic hydroxyl groups excluding tert-OH is 1. The molecule has 1 aliphatic carbocycles. The first-order valence-corrected chi connectivity index (χ1v) is 6.38. The van der Waals surface area contributed by atoms with E-state index < -0.39 is 0 Å². The Balaban J connectivity index is 2.06. The molecule has 2 aromatic heterocycles. The highest BCUT2D eigenvalue weighted by molar-refractivity contribution is 6.33. The van der Waals surface area contributed by atoms with E-state index in [4.69, 9.17) is 17.3 Å². The van der Waals surface area contributed by atoms with Crippen molar-refractivity contribution in [1.82, 2.24) is 25.0 Å². The number of nitrogens with two attached hydrogens (primary N) is 1. The second kappa shape index (κ2) is 4.75. The lowest BCUT2D eigenvalue weighted by atomic mass is 9.92. The van der Waals surface area contributed by atoms with Crippen LogP contribution in [0.3, 0.4) is 0 Å². The number of rotatable bonds is 2. The molecule has 0 aliphatic heterocycles. The second-order valence-electron chi connectivity index (χ2n) is 4.59. The van der Waals surface area contributed by atoms with Crippen molar-refractivity contribution in [3.8, 4) is 0 Å². The Morgan fingerprint density at radius 2 is 2.32 bits per heavy atom. The molecule has 0 radical (unpaired) electrons. The summed E-state index contributed by atoms with van der Waals surface area (Å²) in [6.45, 7) is 0.158. The molecule has 2 aromatic rings. The van der Waals surface area contributed by atoms with Crippen LogP contribution in [0.15, 0.2) is 12.2 Å². The van der Waals surface area contributed by atoms with Gasteiger partial charge in [-0.05, 0) is 18.8 Å². The molecule has 0 amide bonds. The molecule has 3 N–H and O–H groups in total. The number of fused-ring (bicyclic) bond motifs is 1. The van der Waals surface area contributed by atoms with Crippen LogP contribution in [0.25, 0.3) is 11.2 Å². The lowest BCUT2D eigenvalue weighted by molar-refractivity contribution is 0.202. The van der Waals surface area contributed by atoms with Crippen molar-refractivity contribution in [1.29, 1.82) is 0 Å². The SMILES string of the molecule is Nc1nc(Cl)c2nnn([C@@H]3C=CC[C@@H](CO)C3)c2n1. The van der Waals surface area contributed by atoms with Gasteiger partial charge in [-0.15, -0.1) is 5.10 Å². The van der Waals surface area contributed by atoms with Gasteiger partial charge in [-0.25, -0.2) is 4.68 Å². The smallest absolute Gasteiger partial charge is 0.223 e. The highest BCUT2D eigenvalue weighted by Crippen LogP contribution is 2.29. The second-order valence-corrected chi connectivity index (χ2v) is 4.95. The van der Waals surface area contributed by atoms with Crippen molar-refractivity contribution in [3.05, 3.63) is 17.3 Å². The molecule has 2 atom stereocenters. The molecule has 0 saturated carbocycles. The number of nitrogens with zero attached hydrogens (tertiary/aromatic N) is 5. The summed E-state index contributed by atoms with van der Waals surface area (Å²) in [5, 5.41) is 17.5. The van der Waals surface area contributed by atoms with Crippen molar-refractivity contribution in [2.24, 2.45) is 5.92 Å². The van der Waals surface area contributed by atoms with E-state index in [1.807, 2.05) is 12.2 Å². The van der Waals surface area contributed by atoms with Crippen molar-refractivity contribution in [2.45, 2.75) is 18.9 Å². The molecule has 8 heteroatoms. The topological polar surface area (TPSA) is 103 Å². The number of hydrogen-bond donors (Lipinski definition) is 2. The van der Waals surface area contributed by atoms with Crippen LogP contribution >= 0.6 is 11.6 Å². The molecule has 0 fully saturated rings. The molecule has 0 aromatic carbocycles. The number of hydrogen-bond acceptors (Lipinski definition) is 6. The number of anilines is 1.